The molecular weight excluding hydrogens is 456 g/mol. The molecule has 1 aromatic carbocycles. The topological polar surface area (TPSA) is 136 Å². The van der Waals surface area contributed by atoms with Crippen molar-refractivity contribution in [2.45, 2.75) is 89.5 Å². The largest absolute Gasteiger partial charge is 0.489 e. The van der Waals surface area contributed by atoms with Crippen molar-refractivity contribution < 1.29 is 24.5 Å². The van der Waals surface area contributed by atoms with Crippen molar-refractivity contribution in [3.63, 3.8) is 0 Å². The van der Waals surface area contributed by atoms with Gasteiger partial charge in [-0.1, -0.05) is 43.4 Å². The van der Waals surface area contributed by atoms with Gasteiger partial charge in [0.05, 0.1) is 12.3 Å². The van der Waals surface area contributed by atoms with Crippen LogP contribution in [0.4, 0.5) is 0 Å². The van der Waals surface area contributed by atoms with E-state index in [-0.39, 0.29) is 12.3 Å². The first-order valence-corrected chi connectivity index (χ1v) is 13.0. The number of nitrogens with two attached hydrogens (primary N) is 2. The van der Waals surface area contributed by atoms with Crippen LogP contribution >= 0.6 is 0 Å². The molecule has 2 aliphatic rings. The zero-order chi connectivity index (χ0) is 26.4. The van der Waals surface area contributed by atoms with Gasteiger partial charge >= 0.3 is 11.9 Å². The number of aliphatic carboxylic acids is 2. The smallest absolute Gasteiger partial charge is 0.320 e. The van der Waals surface area contributed by atoms with Gasteiger partial charge in [-0.05, 0) is 87.1 Å². The number of allylic oxidation sites excluding steroid dienone is 1. The molecule has 0 saturated heterocycles. The molecule has 1 aromatic rings. The number of ether oxygens (including phenoxy) is 1. The van der Waals surface area contributed by atoms with E-state index in [4.69, 9.17) is 26.4 Å². The van der Waals surface area contributed by atoms with Gasteiger partial charge in [-0.2, -0.15) is 0 Å². The molecule has 1 fully saturated rings. The molecule has 0 unspecified atom stereocenters. The highest BCUT2D eigenvalue weighted by molar-refractivity contribution is 5.72. The Kier molecular flexibility index (Phi) is 12.5. The Labute approximate surface area is 215 Å². The SMILES string of the molecule is CC#C[C@H](CC(=O)O)c1ccc(OCC2=CC3(CCCC3)CCC2)cc1.NCCCC[C@H](N)C(=O)O. The molecule has 2 atom stereocenters. The maximum Gasteiger partial charge on any atom is 0.320 e. The van der Waals surface area contributed by atoms with Crippen molar-refractivity contribution in [3.05, 3.63) is 41.5 Å². The first kappa shape index (κ1) is 29.4. The van der Waals surface area contributed by atoms with E-state index >= 15 is 0 Å². The summed E-state index contributed by atoms with van der Waals surface area (Å²) in [7, 11) is 0. The number of rotatable bonds is 11. The number of benzene rings is 1. The Morgan fingerprint density at radius 3 is 2.33 bits per heavy atom. The molecule has 0 amide bonds. The van der Waals surface area contributed by atoms with Crippen molar-refractivity contribution in [2.75, 3.05) is 13.2 Å². The van der Waals surface area contributed by atoms with E-state index in [0.717, 1.165) is 30.6 Å². The molecule has 198 valence electrons. The Morgan fingerprint density at radius 2 is 1.75 bits per heavy atom. The summed E-state index contributed by atoms with van der Waals surface area (Å²) in [4.78, 5) is 21.1. The Bertz CT molecular complexity index is 923. The van der Waals surface area contributed by atoms with Gasteiger partial charge < -0.3 is 26.4 Å². The van der Waals surface area contributed by atoms with Crippen molar-refractivity contribution in [1.29, 1.82) is 0 Å². The van der Waals surface area contributed by atoms with Crippen LogP contribution in [0.25, 0.3) is 0 Å². The van der Waals surface area contributed by atoms with Crippen molar-refractivity contribution >= 4 is 11.9 Å². The second-order valence-electron chi connectivity index (χ2n) is 9.86. The lowest BCUT2D eigenvalue weighted by Crippen LogP contribution is -2.29. The second kappa shape index (κ2) is 15.3. The van der Waals surface area contributed by atoms with Gasteiger partial charge in [0.1, 0.15) is 18.4 Å². The van der Waals surface area contributed by atoms with E-state index in [0.29, 0.717) is 25.0 Å². The van der Waals surface area contributed by atoms with Crippen LogP contribution in [0, 0.1) is 17.3 Å². The van der Waals surface area contributed by atoms with Gasteiger partial charge in [-0.25, -0.2) is 0 Å². The molecule has 36 heavy (non-hydrogen) atoms. The van der Waals surface area contributed by atoms with Crippen LogP contribution < -0.4 is 16.2 Å². The van der Waals surface area contributed by atoms with Gasteiger partial charge in [0, 0.05) is 0 Å². The summed E-state index contributed by atoms with van der Waals surface area (Å²) >= 11 is 0. The maximum absolute atomic E-state index is 11.0. The second-order valence-corrected chi connectivity index (χ2v) is 9.86. The van der Waals surface area contributed by atoms with Gasteiger partial charge in [0.2, 0.25) is 0 Å². The summed E-state index contributed by atoms with van der Waals surface area (Å²) < 4.78 is 6.00. The standard InChI is InChI=1S/C23H28O3.C6H14N2O2/c1-2-6-20(15-22(24)25)19-8-10-21(11-9-19)26-17-18-7-5-14-23(16-18)12-3-4-13-23;7-4-2-1-3-5(8)6(9)10/h8-11,16,20H,3-5,7,12-15,17H2,1H3,(H,24,25);5H,1-4,7-8H2,(H,9,10)/t20-;5-/m10/s1. The molecule has 0 bridgehead atoms. The van der Waals surface area contributed by atoms with Crippen LogP contribution in [-0.4, -0.2) is 41.3 Å². The molecule has 0 radical (unpaired) electrons. The van der Waals surface area contributed by atoms with Crippen molar-refractivity contribution in [2.24, 2.45) is 16.9 Å². The van der Waals surface area contributed by atoms with E-state index in [1.54, 1.807) is 6.92 Å². The van der Waals surface area contributed by atoms with E-state index in [9.17, 15) is 9.59 Å². The Balaban J connectivity index is 0.000000388. The van der Waals surface area contributed by atoms with E-state index in [1.165, 1.54) is 44.1 Å². The van der Waals surface area contributed by atoms with E-state index < -0.39 is 18.0 Å². The molecule has 0 aliphatic heterocycles. The number of unbranched alkanes of at least 4 members (excludes halogenated alkanes) is 1. The van der Waals surface area contributed by atoms with Crippen LogP contribution in [0.1, 0.15) is 89.0 Å². The van der Waals surface area contributed by atoms with Crippen molar-refractivity contribution in [1.82, 2.24) is 0 Å². The molecule has 0 aromatic heterocycles. The molecule has 0 heterocycles. The van der Waals surface area contributed by atoms with Gasteiger partial charge in [0.25, 0.3) is 0 Å². The third-order valence-electron chi connectivity index (χ3n) is 6.97. The van der Waals surface area contributed by atoms with Gasteiger partial charge in [0.15, 0.2) is 0 Å². The summed E-state index contributed by atoms with van der Waals surface area (Å²) in [6.45, 7) is 3.00. The zero-order valence-electron chi connectivity index (χ0n) is 21.5. The van der Waals surface area contributed by atoms with Crippen LogP contribution in [0.15, 0.2) is 35.9 Å². The van der Waals surface area contributed by atoms with Crippen LogP contribution in [0.3, 0.4) is 0 Å². The fourth-order valence-electron chi connectivity index (χ4n) is 5.04. The van der Waals surface area contributed by atoms with Crippen molar-refractivity contribution in [3.8, 4) is 17.6 Å². The summed E-state index contributed by atoms with van der Waals surface area (Å²) in [5.41, 5.74) is 13.2. The average Bonchev–Trinajstić information content (AvgIpc) is 3.30. The molecule has 7 nitrogen and oxygen atoms in total. The molecule has 1 saturated carbocycles. The van der Waals surface area contributed by atoms with Crippen LogP contribution in [-0.2, 0) is 9.59 Å². The lowest BCUT2D eigenvalue weighted by atomic mass is 9.75. The first-order valence-electron chi connectivity index (χ1n) is 13.0. The summed E-state index contributed by atoms with van der Waals surface area (Å²) in [6.07, 6.45) is 13.9. The lowest BCUT2D eigenvalue weighted by molar-refractivity contribution is -0.139. The lowest BCUT2D eigenvalue weighted by Gasteiger charge is -2.31. The summed E-state index contributed by atoms with van der Waals surface area (Å²) in [5, 5.41) is 17.4. The normalized spacial score (nSPS) is 17.6. The molecular formula is C29H42N2O5. The van der Waals surface area contributed by atoms with E-state index in [2.05, 4.69) is 17.9 Å². The molecule has 6 N–H and O–H groups in total. The molecule has 1 spiro atoms. The quantitative estimate of drug-likeness (QED) is 0.195. The average molecular weight is 499 g/mol. The number of carbonyl (C=O) groups is 2. The number of carboxylic acids is 2. The zero-order valence-corrected chi connectivity index (χ0v) is 21.5. The highest BCUT2D eigenvalue weighted by Gasteiger charge is 2.33. The summed E-state index contributed by atoms with van der Waals surface area (Å²) in [6, 6.07) is 7.00. The highest BCUT2D eigenvalue weighted by Crippen LogP contribution is 2.47. The van der Waals surface area contributed by atoms with Crippen LogP contribution in [0.2, 0.25) is 0 Å². The molecule has 3 rings (SSSR count). The highest BCUT2D eigenvalue weighted by atomic mass is 16.5. The summed E-state index contributed by atoms with van der Waals surface area (Å²) in [5.74, 6) is 4.61. The first-order chi connectivity index (χ1) is 17.3. The number of carboxylic acid groups (broad SMARTS) is 2. The minimum Gasteiger partial charge on any atom is -0.489 e. The van der Waals surface area contributed by atoms with Gasteiger partial charge in [-0.3, -0.25) is 9.59 Å². The minimum atomic E-state index is -0.933. The van der Waals surface area contributed by atoms with Gasteiger partial charge in [-0.15, -0.1) is 5.92 Å². The van der Waals surface area contributed by atoms with Crippen LogP contribution in [0.5, 0.6) is 5.75 Å². The maximum atomic E-state index is 11.0. The Morgan fingerprint density at radius 1 is 1.08 bits per heavy atom. The predicted molar refractivity (Wildman–Crippen MR) is 142 cm³/mol. The third kappa shape index (κ3) is 10.0. The van der Waals surface area contributed by atoms with E-state index in [1.807, 2.05) is 24.3 Å². The fourth-order valence-corrected chi connectivity index (χ4v) is 5.04. The molecule has 2 aliphatic carbocycles. The minimum absolute atomic E-state index is 0.0238. The monoisotopic (exact) mass is 498 g/mol. The number of hydrogen-bond donors (Lipinski definition) is 4. The predicted octanol–water partition coefficient (Wildman–Crippen LogP) is 4.85. The third-order valence-corrected chi connectivity index (χ3v) is 6.97. The fraction of sp³-hybridized carbons (Fsp3) is 0.586. The molecule has 7 heteroatoms. The Hall–Kier alpha value is -2.82. The number of hydrogen-bond acceptors (Lipinski definition) is 5.